The minimum absolute atomic E-state index is 0.208. The van der Waals surface area contributed by atoms with Crippen LogP contribution in [-0.2, 0) is 13.6 Å². The van der Waals surface area contributed by atoms with Gasteiger partial charge in [0.1, 0.15) is 11.6 Å². The number of nitrogens with zero attached hydrogens (tertiary/aromatic N) is 2. The lowest BCUT2D eigenvalue weighted by atomic mass is 10.2. The summed E-state index contributed by atoms with van der Waals surface area (Å²) in [6.45, 7) is 0.330. The zero-order chi connectivity index (χ0) is 13.8. The molecule has 0 saturated carbocycles. The van der Waals surface area contributed by atoms with Crippen LogP contribution in [0.25, 0.3) is 0 Å². The number of anilines is 1. The molecule has 0 unspecified atom stereocenters. The molecule has 19 heavy (non-hydrogen) atoms. The molecule has 0 spiro atoms. The summed E-state index contributed by atoms with van der Waals surface area (Å²) in [7, 11) is 3.28. The number of para-hydroxylation sites is 1. The average molecular weight is 260 g/mol. The molecule has 0 aliphatic rings. The van der Waals surface area contributed by atoms with E-state index in [1.165, 1.54) is 7.11 Å². The maximum Gasteiger partial charge on any atom is 0.255 e. The van der Waals surface area contributed by atoms with E-state index in [1.54, 1.807) is 36.1 Å². The molecule has 0 saturated heterocycles. The molecule has 100 valence electrons. The van der Waals surface area contributed by atoms with Crippen LogP contribution in [0.15, 0.2) is 30.5 Å². The predicted octanol–water partition coefficient (Wildman–Crippen LogP) is 0.941. The van der Waals surface area contributed by atoms with Crippen LogP contribution in [-0.4, -0.2) is 22.8 Å². The quantitative estimate of drug-likeness (QED) is 0.857. The first-order valence-corrected chi connectivity index (χ1v) is 5.81. The molecule has 0 bridgehead atoms. The van der Waals surface area contributed by atoms with Crippen LogP contribution in [0, 0.1) is 0 Å². The molecule has 0 aliphatic heterocycles. The Balaban J connectivity index is 2.07. The summed E-state index contributed by atoms with van der Waals surface area (Å²) in [6.07, 6.45) is 1.64. The van der Waals surface area contributed by atoms with Gasteiger partial charge >= 0.3 is 0 Å². The summed E-state index contributed by atoms with van der Waals surface area (Å²) in [6, 6.07) is 7.05. The minimum Gasteiger partial charge on any atom is -0.496 e. The van der Waals surface area contributed by atoms with E-state index < -0.39 is 0 Å². The molecule has 6 nitrogen and oxygen atoms in total. The van der Waals surface area contributed by atoms with E-state index in [4.69, 9.17) is 10.5 Å². The smallest absolute Gasteiger partial charge is 0.255 e. The number of carbonyl (C=O) groups excluding carboxylic acids is 1. The molecule has 0 aliphatic carbocycles. The van der Waals surface area contributed by atoms with Gasteiger partial charge < -0.3 is 15.8 Å². The van der Waals surface area contributed by atoms with Gasteiger partial charge in [0, 0.05) is 19.2 Å². The van der Waals surface area contributed by atoms with Gasteiger partial charge in [0.15, 0.2) is 0 Å². The summed E-state index contributed by atoms with van der Waals surface area (Å²) in [4.78, 5) is 12.1. The molecule has 1 amide bonds. The first kappa shape index (κ1) is 12.9. The Morgan fingerprint density at radius 3 is 2.84 bits per heavy atom. The normalized spacial score (nSPS) is 10.2. The van der Waals surface area contributed by atoms with E-state index in [1.807, 2.05) is 6.07 Å². The monoisotopic (exact) mass is 260 g/mol. The fourth-order valence-corrected chi connectivity index (χ4v) is 1.73. The number of nitrogens with two attached hydrogens (primary N) is 1. The van der Waals surface area contributed by atoms with Crippen LogP contribution in [0.1, 0.15) is 15.9 Å². The number of aromatic nitrogens is 2. The first-order valence-electron chi connectivity index (χ1n) is 5.81. The maximum atomic E-state index is 12.1. The summed E-state index contributed by atoms with van der Waals surface area (Å²) < 4.78 is 6.70. The Hall–Kier alpha value is -2.50. The SMILES string of the molecule is COc1ccccc1C(=O)NCc1cnn(C)c1N. The van der Waals surface area contributed by atoms with Crippen molar-refractivity contribution in [1.29, 1.82) is 0 Å². The van der Waals surface area contributed by atoms with Gasteiger partial charge in [-0.1, -0.05) is 12.1 Å². The highest BCUT2D eigenvalue weighted by Crippen LogP contribution is 2.17. The molecule has 3 N–H and O–H groups in total. The number of nitrogen functional groups attached to an aromatic ring is 1. The molecule has 6 heteroatoms. The predicted molar refractivity (Wildman–Crippen MR) is 71.8 cm³/mol. The number of hydrogen-bond donors (Lipinski definition) is 2. The number of amides is 1. The average Bonchev–Trinajstić information content (AvgIpc) is 2.76. The molecule has 1 heterocycles. The summed E-state index contributed by atoms with van der Waals surface area (Å²) >= 11 is 0. The number of ether oxygens (including phenoxy) is 1. The molecule has 2 rings (SSSR count). The van der Waals surface area contributed by atoms with Crippen molar-refractivity contribution in [3.63, 3.8) is 0 Å². The first-order chi connectivity index (χ1) is 9.13. The Morgan fingerprint density at radius 1 is 1.47 bits per heavy atom. The van der Waals surface area contributed by atoms with Crippen molar-refractivity contribution >= 4 is 11.7 Å². The largest absolute Gasteiger partial charge is 0.496 e. The van der Waals surface area contributed by atoms with Gasteiger partial charge in [0.2, 0.25) is 0 Å². The van der Waals surface area contributed by atoms with Gasteiger partial charge in [-0.2, -0.15) is 5.10 Å². The number of benzene rings is 1. The van der Waals surface area contributed by atoms with Crippen molar-refractivity contribution in [2.75, 3.05) is 12.8 Å². The van der Waals surface area contributed by atoms with Crippen LogP contribution in [0.5, 0.6) is 5.75 Å². The second-order valence-electron chi connectivity index (χ2n) is 4.06. The van der Waals surface area contributed by atoms with Crippen LogP contribution >= 0.6 is 0 Å². The lowest BCUT2D eigenvalue weighted by molar-refractivity contribution is 0.0948. The maximum absolute atomic E-state index is 12.1. The van der Waals surface area contributed by atoms with Crippen LogP contribution in [0.3, 0.4) is 0 Å². The highest BCUT2D eigenvalue weighted by Gasteiger charge is 2.12. The van der Waals surface area contributed by atoms with Crippen LogP contribution < -0.4 is 15.8 Å². The fourth-order valence-electron chi connectivity index (χ4n) is 1.73. The molecular formula is C13H16N4O2. The molecule has 1 aromatic carbocycles. The zero-order valence-corrected chi connectivity index (χ0v) is 10.9. The number of carbonyl (C=O) groups is 1. The van der Waals surface area contributed by atoms with Crippen molar-refractivity contribution < 1.29 is 9.53 Å². The third kappa shape index (κ3) is 2.67. The third-order valence-electron chi connectivity index (χ3n) is 2.86. The van der Waals surface area contributed by atoms with Crippen molar-refractivity contribution in [3.8, 4) is 5.75 Å². The zero-order valence-electron chi connectivity index (χ0n) is 10.9. The van der Waals surface area contributed by atoms with Gasteiger partial charge in [0.25, 0.3) is 5.91 Å². The van der Waals surface area contributed by atoms with E-state index in [-0.39, 0.29) is 5.91 Å². The highest BCUT2D eigenvalue weighted by atomic mass is 16.5. The van der Waals surface area contributed by atoms with E-state index >= 15 is 0 Å². The van der Waals surface area contributed by atoms with Crippen molar-refractivity contribution in [3.05, 3.63) is 41.6 Å². The molecular weight excluding hydrogens is 244 g/mol. The number of rotatable bonds is 4. The second-order valence-corrected chi connectivity index (χ2v) is 4.06. The highest BCUT2D eigenvalue weighted by molar-refractivity contribution is 5.96. The molecule has 1 aromatic heterocycles. The summed E-state index contributed by atoms with van der Waals surface area (Å²) in [5.41, 5.74) is 7.08. The number of hydrogen-bond acceptors (Lipinski definition) is 4. The summed E-state index contributed by atoms with van der Waals surface area (Å²) in [5, 5.41) is 6.81. The van der Waals surface area contributed by atoms with E-state index in [0.717, 1.165) is 5.56 Å². The van der Waals surface area contributed by atoms with Crippen molar-refractivity contribution in [2.24, 2.45) is 7.05 Å². The molecule has 0 atom stereocenters. The Bertz CT molecular complexity index is 592. The van der Waals surface area contributed by atoms with E-state index in [2.05, 4.69) is 10.4 Å². The minimum atomic E-state index is -0.208. The fraction of sp³-hybridized carbons (Fsp3) is 0.231. The van der Waals surface area contributed by atoms with E-state index in [0.29, 0.717) is 23.7 Å². The van der Waals surface area contributed by atoms with Crippen molar-refractivity contribution in [1.82, 2.24) is 15.1 Å². The molecule has 2 aromatic rings. The second kappa shape index (κ2) is 5.43. The van der Waals surface area contributed by atoms with Gasteiger partial charge in [-0.15, -0.1) is 0 Å². The van der Waals surface area contributed by atoms with Crippen molar-refractivity contribution in [2.45, 2.75) is 6.54 Å². The Labute approximate surface area is 111 Å². The third-order valence-corrected chi connectivity index (χ3v) is 2.86. The van der Waals surface area contributed by atoms with Gasteiger partial charge in [-0.05, 0) is 12.1 Å². The van der Waals surface area contributed by atoms with Gasteiger partial charge in [-0.3, -0.25) is 9.48 Å². The van der Waals surface area contributed by atoms with Crippen LogP contribution in [0.2, 0.25) is 0 Å². The lowest BCUT2D eigenvalue weighted by Crippen LogP contribution is -2.23. The van der Waals surface area contributed by atoms with Gasteiger partial charge in [-0.25, -0.2) is 0 Å². The number of nitrogens with one attached hydrogen (secondary N) is 1. The molecule has 0 fully saturated rings. The number of methoxy groups -OCH3 is 1. The van der Waals surface area contributed by atoms with E-state index in [9.17, 15) is 4.79 Å². The lowest BCUT2D eigenvalue weighted by Gasteiger charge is -2.08. The Morgan fingerprint density at radius 2 is 2.21 bits per heavy atom. The van der Waals surface area contributed by atoms with Crippen LogP contribution in [0.4, 0.5) is 5.82 Å². The Kier molecular flexibility index (Phi) is 3.70. The van der Waals surface area contributed by atoms with Gasteiger partial charge in [0.05, 0.1) is 18.9 Å². The molecule has 0 radical (unpaired) electrons. The standard InChI is InChI=1S/C13H16N4O2/c1-17-12(14)9(8-16-17)7-15-13(18)10-5-3-4-6-11(10)19-2/h3-6,8H,7,14H2,1-2H3,(H,15,18). The number of aryl methyl sites for hydroxylation is 1. The summed E-state index contributed by atoms with van der Waals surface area (Å²) in [5.74, 6) is 0.875. The topological polar surface area (TPSA) is 82.2 Å².